The van der Waals surface area contributed by atoms with Crippen LogP contribution in [0, 0.1) is 0 Å². The van der Waals surface area contributed by atoms with E-state index in [1.54, 1.807) is 27.3 Å². The van der Waals surface area contributed by atoms with Gasteiger partial charge in [-0.3, -0.25) is 4.79 Å². The van der Waals surface area contributed by atoms with Crippen molar-refractivity contribution in [3.63, 3.8) is 0 Å². The molecule has 2 aromatic carbocycles. The molecule has 0 spiro atoms. The first-order chi connectivity index (χ1) is 15.6. The Morgan fingerprint density at radius 3 is 2.56 bits per heavy atom. The lowest BCUT2D eigenvalue weighted by atomic mass is 10.1. The predicted molar refractivity (Wildman–Crippen MR) is 128 cm³/mol. The lowest BCUT2D eigenvalue weighted by Gasteiger charge is -2.21. The number of rotatable bonds is 8. The summed E-state index contributed by atoms with van der Waals surface area (Å²) < 4.78 is 10.8. The van der Waals surface area contributed by atoms with Gasteiger partial charge in [0.15, 0.2) is 5.96 Å². The van der Waals surface area contributed by atoms with Gasteiger partial charge >= 0.3 is 0 Å². The molecule has 2 aromatic rings. The van der Waals surface area contributed by atoms with Crippen molar-refractivity contribution in [2.75, 3.05) is 45.8 Å². The van der Waals surface area contributed by atoms with E-state index in [0.29, 0.717) is 12.1 Å². The van der Waals surface area contributed by atoms with Gasteiger partial charge < -0.3 is 30.3 Å². The van der Waals surface area contributed by atoms with Crippen molar-refractivity contribution in [1.29, 1.82) is 0 Å². The van der Waals surface area contributed by atoms with Crippen LogP contribution in [-0.2, 0) is 6.54 Å². The van der Waals surface area contributed by atoms with E-state index in [2.05, 4.69) is 20.9 Å². The van der Waals surface area contributed by atoms with Gasteiger partial charge in [-0.2, -0.15) is 0 Å². The Morgan fingerprint density at radius 2 is 1.91 bits per heavy atom. The molecular formula is C24H33N5O3. The average Bonchev–Trinajstić information content (AvgIpc) is 3.30. The summed E-state index contributed by atoms with van der Waals surface area (Å²) in [6.45, 7) is 5.10. The Bertz CT molecular complexity index is 925. The van der Waals surface area contributed by atoms with Gasteiger partial charge in [0.1, 0.15) is 11.5 Å². The minimum atomic E-state index is -0.0962. The minimum Gasteiger partial charge on any atom is -0.497 e. The second kappa shape index (κ2) is 11.3. The van der Waals surface area contributed by atoms with Crippen LogP contribution in [0.25, 0.3) is 0 Å². The highest BCUT2D eigenvalue weighted by Gasteiger charge is 2.24. The predicted octanol–water partition coefficient (Wildman–Crippen LogP) is 2.40. The number of carbonyl (C=O) groups excluding carboxylic acids is 1. The van der Waals surface area contributed by atoms with Crippen molar-refractivity contribution in [1.82, 2.24) is 16.0 Å². The van der Waals surface area contributed by atoms with Gasteiger partial charge in [-0.1, -0.05) is 12.1 Å². The highest BCUT2D eigenvalue weighted by molar-refractivity contribution is 5.94. The van der Waals surface area contributed by atoms with Crippen molar-refractivity contribution in [2.45, 2.75) is 25.9 Å². The summed E-state index contributed by atoms with van der Waals surface area (Å²) in [6.07, 6.45) is 0.996. The molecule has 1 fully saturated rings. The summed E-state index contributed by atoms with van der Waals surface area (Å²) in [4.78, 5) is 18.9. The first-order valence-electron chi connectivity index (χ1n) is 10.9. The van der Waals surface area contributed by atoms with Crippen LogP contribution in [-0.4, -0.2) is 58.8 Å². The number of benzene rings is 2. The smallest absolute Gasteiger partial charge is 0.251 e. The summed E-state index contributed by atoms with van der Waals surface area (Å²) in [7, 11) is 4.96. The van der Waals surface area contributed by atoms with E-state index in [1.807, 2.05) is 43.3 Å². The van der Waals surface area contributed by atoms with E-state index in [1.165, 1.54) is 0 Å². The van der Waals surface area contributed by atoms with Crippen LogP contribution in [0.4, 0.5) is 5.69 Å². The van der Waals surface area contributed by atoms with Crippen LogP contribution >= 0.6 is 0 Å². The largest absolute Gasteiger partial charge is 0.497 e. The molecule has 3 N–H and O–H groups in total. The molecule has 1 atom stereocenters. The van der Waals surface area contributed by atoms with Crippen LogP contribution in [0.5, 0.6) is 11.5 Å². The van der Waals surface area contributed by atoms with Crippen molar-refractivity contribution in [2.24, 2.45) is 4.99 Å². The zero-order chi connectivity index (χ0) is 22.9. The second-order valence-corrected chi connectivity index (χ2v) is 7.62. The molecule has 32 heavy (non-hydrogen) atoms. The third-order valence-corrected chi connectivity index (χ3v) is 5.41. The van der Waals surface area contributed by atoms with Gasteiger partial charge in [0.05, 0.1) is 20.8 Å². The lowest BCUT2D eigenvalue weighted by molar-refractivity contribution is 0.0963. The fourth-order valence-corrected chi connectivity index (χ4v) is 3.73. The number of guanidine groups is 1. The fraction of sp³-hybridized carbons (Fsp3) is 0.417. The van der Waals surface area contributed by atoms with Crippen LogP contribution in [0.3, 0.4) is 0 Å². The standard InChI is InChI=1S/C24H33N5O3/c1-5-26-24(27-15-17-7-6-8-18(11-17)23(30)25-2)28-19-9-10-29(16-19)20-12-21(31-3)14-22(13-20)32-4/h6-8,11-14,19H,5,9-10,15-16H2,1-4H3,(H,25,30)(H2,26,27,28). The molecule has 1 unspecified atom stereocenters. The third-order valence-electron chi connectivity index (χ3n) is 5.41. The molecule has 1 saturated heterocycles. The molecule has 1 aliphatic rings. The molecule has 1 heterocycles. The molecule has 1 aliphatic heterocycles. The van der Waals surface area contributed by atoms with E-state index >= 15 is 0 Å². The number of hydrogen-bond acceptors (Lipinski definition) is 5. The number of aliphatic imine (C=N–C) groups is 1. The Morgan fingerprint density at radius 1 is 1.16 bits per heavy atom. The van der Waals surface area contributed by atoms with E-state index < -0.39 is 0 Å². The van der Waals surface area contributed by atoms with Gasteiger partial charge in [0, 0.05) is 62.2 Å². The Balaban J connectivity index is 1.65. The molecule has 0 aromatic heterocycles. The average molecular weight is 440 g/mol. The van der Waals surface area contributed by atoms with Crippen LogP contribution in [0.1, 0.15) is 29.3 Å². The first kappa shape index (κ1) is 23.2. The molecule has 172 valence electrons. The zero-order valence-electron chi connectivity index (χ0n) is 19.3. The highest BCUT2D eigenvalue weighted by atomic mass is 16.5. The number of carbonyl (C=O) groups is 1. The van der Waals surface area contributed by atoms with Crippen LogP contribution in [0.2, 0.25) is 0 Å². The van der Waals surface area contributed by atoms with Gasteiger partial charge in [0.25, 0.3) is 5.91 Å². The van der Waals surface area contributed by atoms with Gasteiger partial charge in [-0.15, -0.1) is 0 Å². The molecule has 8 heteroatoms. The number of nitrogens with zero attached hydrogens (tertiary/aromatic N) is 2. The molecule has 1 amide bonds. The molecule has 3 rings (SSSR count). The maximum absolute atomic E-state index is 11.9. The molecule has 0 saturated carbocycles. The minimum absolute atomic E-state index is 0.0962. The van der Waals surface area contributed by atoms with E-state index in [4.69, 9.17) is 14.5 Å². The number of ether oxygens (including phenoxy) is 2. The molecule has 0 bridgehead atoms. The van der Waals surface area contributed by atoms with Crippen molar-refractivity contribution in [3.8, 4) is 11.5 Å². The normalized spacial score (nSPS) is 15.9. The Hall–Kier alpha value is -3.42. The molecule has 8 nitrogen and oxygen atoms in total. The summed E-state index contributed by atoms with van der Waals surface area (Å²) in [5, 5.41) is 9.52. The second-order valence-electron chi connectivity index (χ2n) is 7.62. The maximum atomic E-state index is 11.9. The molecule has 0 radical (unpaired) electrons. The summed E-state index contributed by atoms with van der Waals surface area (Å²) in [5.41, 5.74) is 2.71. The van der Waals surface area contributed by atoms with E-state index in [9.17, 15) is 4.79 Å². The van der Waals surface area contributed by atoms with Gasteiger partial charge in [-0.05, 0) is 31.0 Å². The number of methoxy groups -OCH3 is 2. The number of amides is 1. The number of nitrogens with one attached hydrogen (secondary N) is 3. The van der Waals surface area contributed by atoms with Crippen molar-refractivity contribution >= 4 is 17.6 Å². The Kier molecular flexibility index (Phi) is 8.19. The van der Waals surface area contributed by atoms with Crippen molar-refractivity contribution < 1.29 is 14.3 Å². The van der Waals surface area contributed by atoms with Crippen LogP contribution < -0.4 is 30.3 Å². The van der Waals surface area contributed by atoms with Crippen molar-refractivity contribution in [3.05, 3.63) is 53.6 Å². The third kappa shape index (κ3) is 6.06. The number of hydrogen-bond donors (Lipinski definition) is 3. The Labute approximate surface area is 190 Å². The summed E-state index contributed by atoms with van der Waals surface area (Å²) in [6, 6.07) is 13.7. The lowest BCUT2D eigenvalue weighted by Crippen LogP contribution is -2.44. The van der Waals surface area contributed by atoms with E-state index in [0.717, 1.165) is 54.8 Å². The van der Waals surface area contributed by atoms with Gasteiger partial charge in [-0.25, -0.2) is 4.99 Å². The molecule has 0 aliphatic carbocycles. The van der Waals surface area contributed by atoms with E-state index in [-0.39, 0.29) is 11.9 Å². The van der Waals surface area contributed by atoms with Gasteiger partial charge in [0.2, 0.25) is 0 Å². The molecular weight excluding hydrogens is 406 g/mol. The first-order valence-corrected chi connectivity index (χ1v) is 10.9. The summed E-state index contributed by atoms with van der Waals surface area (Å²) in [5.74, 6) is 2.24. The maximum Gasteiger partial charge on any atom is 0.251 e. The zero-order valence-corrected chi connectivity index (χ0v) is 19.3. The topological polar surface area (TPSA) is 87.2 Å². The summed E-state index contributed by atoms with van der Waals surface area (Å²) >= 11 is 0. The quantitative estimate of drug-likeness (QED) is 0.433. The monoisotopic (exact) mass is 439 g/mol. The SMILES string of the molecule is CCNC(=NCc1cccc(C(=O)NC)c1)NC1CCN(c2cc(OC)cc(OC)c2)C1. The fourth-order valence-electron chi connectivity index (χ4n) is 3.73. The highest BCUT2D eigenvalue weighted by Crippen LogP contribution is 2.30. The number of anilines is 1. The van der Waals surface area contributed by atoms with Crippen LogP contribution in [0.15, 0.2) is 47.5 Å².